The summed E-state index contributed by atoms with van der Waals surface area (Å²) in [7, 11) is 0. The number of rotatable bonds is 4. The quantitative estimate of drug-likeness (QED) is 0.407. The molecule has 4 heteroatoms. The van der Waals surface area contributed by atoms with Gasteiger partial charge in [0.25, 0.3) is 0 Å². The highest BCUT2D eigenvalue weighted by molar-refractivity contribution is 8.04. The Bertz CT molecular complexity index is 919. The van der Waals surface area contributed by atoms with Crippen molar-refractivity contribution < 1.29 is 0 Å². The molecule has 0 unspecified atom stereocenters. The average molecular weight is 430 g/mol. The standard InChI is InChI=1S/C24H26Cl2NP/c1-14-10-16(3)22(17(4)11-14)20-8-7-9-21(24(20)27-28(25)26)23-18(5)12-15(2)13-19(23)6/h7-13,27H,1-6H3. The van der Waals surface area contributed by atoms with Gasteiger partial charge in [-0.2, -0.15) is 0 Å². The Morgan fingerprint density at radius 3 is 1.32 bits per heavy atom. The molecule has 0 fully saturated rings. The normalized spacial score (nSPS) is 11.2. The minimum absolute atomic E-state index is 1.00. The summed E-state index contributed by atoms with van der Waals surface area (Å²) in [6.45, 7) is 11.6. The predicted molar refractivity (Wildman–Crippen MR) is 128 cm³/mol. The predicted octanol–water partition coefficient (Wildman–Crippen LogP) is 8.99. The van der Waals surface area contributed by atoms with Gasteiger partial charge in [0.05, 0.1) is 5.69 Å². The molecule has 0 aliphatic rings. The molecule has 0 amide bonds. The second kappa shape index (κ2) is 8.46. The summed E-state index contributed by atoms with van der Waals surface area (Å²) in [6.07, 6.45) is 0. The summed E-state index contributed by atoms with van der Waals surface area (Å²) in [4.78, 5) is 0. The maximum atomic E-state index is 6.26. The molecule has 0 bridgehead atoms. The lowest BCUT2D eigenvalue weighted by Gasteiger charge is -2.22. The van der Waals surface area contributed by atoms with Gasteiger partial charge >= 0.3 is 0 Å². The first-order chi connectivity index (χ1) is 13.2. The Morgan fingerprint density at radius 1 is 0.643 bits per heavy atom. The third kappa shape index (κ3) is 4.23. The molecule has 0 spiro atoms. The zero-order chi connectivity index (χ0) is 20.6. The van der Waals surface area contributed by atoms with Crippen LogP contribution in [0.15, 0.2) is 42.5 Å². The van der Waals surface area contributed by atoms with Gasteiger partial charge in [0.2, 0.25) is 0 Å². The van der Waals surface area contributed by atoms with Crippen molar-refractivity contribution >= 4 is 34.9 Å². The molecule has 3 aromatic rings. The van der Waals surface area contributed by atoms with Crippen molar-refractivity contribution in [1.29, 1.82) is 0 Å². The second-order valence-electron chi connectivity index (χ2n) is 7.62. The Morgan fingerprint density at radius 2 is 1.00 bits per heavy atom. The number of benzene rings is 3. The molecule has 0 saturated heterocycles. The van der Waals surface area contributed by atoms with E-state index in [4.69, 9.17) is 22.5 Å². The van der Waals surface area contributed by atoms with Gasteiger partial charge in [-0.25, -0.2) is 0 Å². The van der Waals surface area contributed by atoms with E-state index >= 15 is 0 Å². The van der Waals surface area contributed by atoms with E-state index in [2.05, 4.69) is 89.1 Å². The molecule has 0 aromatic heterocycles. The molecule has 3 rings (SSSR count). The topological polar surface area (TPSA) is 12.0 Å². The fraction of sp³-hybridized carbons (Fsp3) is 0.250. The third-order valence-electron chi connectivity index (χ3n) is 5.15. The first kappa shape index (κ1) is 21.2. The molecule has 1 N–H and O–H groups in total. The number of para-hydroxylation sites is 1. The van der Waals surface area contributed by atoms with Crippen LogP contribution >= 0.6 is 29.3 Å². The molecule has 0 heterocycles. The molecule has 0 aliphatic carbocycles. The first-order valence-electron chi connectivity index (χ1n) is 9.37. The maximum absolute atomic E-state index is 6.26. The number of halogens is 2. The van der Waals surface area contributed by atoms with E-state index in [0.29, 0.717) is 0 Å². The Balaban J connectivity index is 2.35. The summed E-state index contributed by atoms with van der Waals surface area (Å²) in [5.74, 6) is 0. The molecule has 1 nitrogen and oxygen atoms in total. The van der Waals surface area contributed by atoms with Crippen molar-refractivity contribution in [3.05, 3.63) is 75.8 Å². The maximum Gasteiger partial charge on any atom is 0.184 e. The van der Waals surface area contributed by atoms with E-state index in [9.17, 15) is 0 Å². The second-order valence-corrected chi connectivity index (χ2v) is 10.9. The van der Waals surface area contributed by atoms with E-state index in [1.807, 2.05) is 0 Å². The van der Waals surface area contributed by atoms with Gasteiger partial charge in [-0.15, -0.1) is 0 Å². The van der Waals surface area contributed by atoms with Crippen LogP contribution in [0.3, 0.4) is 0 Å². The Labute approximate surface area is 179 Å². The summed E-state index contributed by atoms with van der Waals surface area (Å²) in [5.41, 5.74) is 13.3. The number of hydrogen-bond acceptors (Lipinski definition) is 1. The van der Waals surface area contributed by atoms with Gasteiger partial charge < -0.3 is 5.09 Å². The zero-order valence-electron chi connectivity index (χ0n) is 17.2. The molecule has 0 atom stereocenters. The SMILES string of the molecule is Cc1cc(C)c(-c2cccc(-c3c(C)cc(C)cc3C)c2NP(Cl)Cl)c(C)c1. The van der Waals surface area contributed by atoms with Crippen molar-refractivity contribution in [3.63, 3.8) is 0 Å². The van der Waals surface area contributed by atoms with Crippen molar-refractivity contribution in [2.24, 2.45) is 0 Å². The molecule has 0 radical (unpaired) electrons. The molecule has 146 valence electrons. The molecular weight excluding hydrogens is 404 g/mol. The lowest BCUT2D eigenvalue weighted by molar-refractivity contribution is 1.31. The molecule has 28 heavy (non-hydrogen) atoms. The van der Waals surface area contributed by atoms with Crippen LogP contribution < -0.4 is 5.09 Å². The molecular formula is C24H26Cl2NP. The lowest BCUT2D eigenvalue weighted by Crippen LogP contribution is -1.99. The van der Waals surface area contributed by atoms with Crippen LogP contribution in [-0.4, -0.2) is 0 Å². The van der Waals surface area contributed by atoms with Crippen molar-refractivity contribution in [2.45, 2.75) is 41.5 Å². The smallest absolute Gasteiger partial charge is 0.184 e. The van der Waals surface area contributed by atoms with Gasteiger partial charge in [-0.3, -0.25) is 0 Å². The van der Waals surface area contributed by atoms with Gasteiger partial charge in [0.15, 0.2) is 6.78 Å². The Hall–Kier alpha value is -1.53. The Kier molecular flexibility index (Phi) is 6.40. The van der Waals surface area contributed by atoms with Gasteiger partial charge in [-0.05, 0) is 74.9 Å². The number of hydrogen-bond donors (Lipinski definition) is 1. The van der Waals surface area contributed by atoms with Crippen molar-refractivity contribution in [2.75, 3.05) is 5.09 Å². The minimum Gasteiger partial charge on any atom is -0.339 e. The van der Waals surface area contributed by atoms with Crippen LogP contribution in [0.1, 0.15) is 33.4 Å². The average Bonchev–Trinajstić information content (AvgIpc) is 2.55. The number of aryl methyl sites for hydroxylation is 6. The largest absolute Gasteiger partial charge is 0.339 e. The van der Waals surface area contributed by atoms with E-state index in [-0.39, 0.29) is 0 Å². The number of nitrogens with one attached hydrogen (secondary N) is 1. The fourth-order valence-electron chi connectivity index (χ4n) is 4.38. The summed E-state index contributed by atoms with van der Waals surface area (Å²) >= 11 is 12.5. The van der Waals surface area contributed by atoms with E-state index in [0.717, 1.165) is 16.8 Å². The van der Waals surface area contributed by atoms with Crippen LogP contribution in [0, 0.1) is 41.5 Å². The summed E-state index contributed by atoms with van der Waals surface area (Å²) in [5, 5.41) is 3.37. The van der Waals surface area contributed by atoms with E-state index in [1.54, 1.807) is 0 Å². The highest BCUT2D eigenvalue weighted by Gasteiger charge is 2.19. The van der Waals surface area contributed by atoms with Gasteiger partial charge in [-0.1, -0.05) is 76.1 Å². The highest BCUT2D eigenvalue weighted by atomic mass is 35.9. The summed E-state index contributed by atoms with van der Waals surface area (Å²) in [6, 6.07) is 15.3. The zero-order valence-corrected chi connectivity index (χ0v) is 19.7. The van der Waals surface area contributed by atoms with E-state index in [1.165, 1.54) is 44.5 Å². The van der Waals surface area contributed by atoms with Crippen LogP contribution in [0.25, 0.3) is 22.3 Å². The van der Waals surface area contributed by atoms with Gasteiger partial charge in [0, 0.05) is 11.1 Å². The van der Waals surface area contributed by atoms with Gasteiger partial charge in [0.1, 0.15) is 0 Å². The number of anilines is 1. The fourth-order valence-corrected chi connectivity index (χ4v) is 5.30. The lowest BCUT2D eigenvalue weighted by atomic mass is 9.87. The molecule has 3 aromatic carbocycles. The minimum atomic E-state index is -1.35. The first-order valence-corrected chi connectivity index (χ1v) is 12.5. The van der Waals surface area contributed by atoms with Crippen molar-refractivity contribution in [1.82, 2.24) is 0 Å². The molecule has 0 aliphatic heterocycles. The molecule has 0 saturated carbocycles. The summed E-state index contributed by atoms with van der Waals surface area (Å²) < 4.78 is 0. The van der Waals surface area contributed by atoms with Crippen molar-refractivity contribution in [3.8, 4) is 22.3 Å². The van der Waals surface area contributed by atoms with Crippen LogP contribution in [0.4, 0.5) is 5.69 Å². The highest BCUT2D eigenvalue weighted by Crippen LogP contribution is 2.52. The van der Waals surface area contributed by atoms with Crippen LogP contribution in [0.2, 0.25) is 0 Å². The van der Waals surface area contributed by atoms with Crippen LogP contribution in [0.5, 0.6) is 0 Å². The third-order valence-corrected chi connectivity index (χ3v) is 6.05. The van der Waals surface area contributed by atoms with E-state index < -0.39 is 6.78 Å². The monoisotopic (exact) mass is 429 g/mol. The van der Waals surface area contributed by atoms with Crippen LogP contribution in [-0.2, 0) is 0 Å².